The molecule has 0 saturated heterocycles. The molecule has 0 N–H and O–H groups in total. The number of rotatable bonds is 1. The fourth-order valence-corrected chi connectivity index (χ4v) is 4.72. The molecule has 0 aromatic heterocycles. The Hall–Kier alpha value is 1.24. The zero-order valence-corrected chi connectivity index (χ0v) is 10.8. The average molecular weight is 406 g/mol. The maximum atomic E-state index is 2.54. The van der Waals surface area contributed by atoms with Crippen LogP contribution in [0.25, 0.3) is 0 Å². The molecule has 0 radical (unpaired) electrons. The van der Waals surface area contributed by atoms with Crippen LogP contribution in [0, 0.1) is 0 Å². The molecule has 0 spiro atoms. The number of hydrogen-bond acceptors (Lipinski definition) is 0. The van der Waals surface area contributed by atoms with Crippen LogP contribution in [0.1, 0.15) is 0 Å². The molecule has 9 heavy (non-hydrogen) atoms. The third-order valence-electron chi connectivity index (χ3n) is 0.951. The first-order valence-corrected chi connectivity index (χ1v) is 14.9. The molecule has 0 aliphatic carbocycles. The van der Waals surface area contributed by atoms with Crippen molar-refractivity contribution in [1.29, 1.82) is 0 Å². The molecule has 1 rings (SSSR count). The van der Waals surface area contributed by atoms with Gasteiger partial charge in [0.2, 0.25) is 0 Å². The normalized spacial score (nSPS) is 10.1. The predicted octanol–water partition coefficient (Wildman–Crippen LogP) is 2.25. The zero-order chi connectivity index (χ0) is 6.69. The molecule has 0 aliphatic heterocycles. The summed E-state index contributed by atoms with van der Waals surface area (Å²) in [6, 6.07) is 10.7. The van der Waals surface area contributed by atoms with Crippen molar-refractivity contribution in [3.63, 3.8) is 0 Å². The van der Waals surface area contributed by atoms with Gasteiger partial charge in [-0.2, -0.15) is 0 Å². The molecule has 0 aliphatic rings. The third-order valence-corrected chi connectivity index (χ3v) is 8.19. The van der Waals surface area contributed by atoms with Gasteiger partial charge in [-0.3, -0.25) is 0 Å². The number of halogens is 2. The van der Waals surface area contributed by atoms with E-state index in [2.05, 4.69) is 70.6 Å². The molecule has 1 aromatic rings. The van der Waals surface area contributed by atoms with Crippen LogP contribution in [-0.2, 0) is 0 Å². The van der Waals surface area contributed by atoms with E-state index in [1.165, 1.54) is 4.35 Å². The fraction of sp³-hybridized carbons (Fsp3) is 0. The van der Waals surface area contributed by atoms with E-state index >= 15 is 0 Å². The van der Waals surface area contributed by atoms with E-state index in [9.17, 15) is 0 Å². The van der Waals surface area contributed by atoms with Crippen molar-refractivity contribution in [1.82, 2.24) is 0 Å². The average Bonchev–Trinajstić information content (AvgIpc) is 1.90. The van der Waals surface area contributed by atoms with Gasteiger partial charge in [-0.15, -0.1) is 0 Å². The van der Waals surface area contributed by atoms with Crippen LogP contribution < -0.4 is 4.35 Å². The molecule has 1 aromatic carbocycles. The zero-order valence-electron chi connectivity index (χ0n) is 4.59. The number of hydrogen-bond donors (Lipinski definition) is 0. The third kappa shape index (κ3) is 2.76. The standard InChI is InChI=1S/C6H5AsI2/c8-7(9)6-4-2-1-3-5-6/h1-5H. The van der Waals surface area contributed by atoms with Crippen LogP contribution in [-0.4, -0.2) is 7.95 Å². The van der Waals surface area contributed by atoms with Crippen LogP contribution in [0.5, 0.6) is 0 Å². The molecule has 0 saturated carbocycles. The summed E-state index contributed by atoms with van der Waals surface area (Å²) >= 11 is 5.08. The van der Waals surface area contributed by atoms with E-state index in [1.54, 1.807) is 0 Å². The van der Waals surface area contributed by atoms with Crippen molar-refractivity contribution in [2.75, 3.05) is 0 Å². The van der Waals surface area contributed by atoms with Gasteiger partial charge < -0.3 is 0 Å². The molecule has 0 fully saturated rings. The summed E-state index contributed by atoms with van der Waals surface area (Å²) in [5.41, 5.74) is 0. The monoisotopic (exact) mass is 406 g/mol. The van der Waals surface area contributed by atoms with Gasteiger partial charge in [0, 0.05) is 0 Å². The summed E-state index contributed by atoms with van der Waals surface area (Å²) in [5, 5.41) is 0. The van der Waals surface area contributed by atoms with Gasteiger partial charge in [0.25, 0.3) is 0 Å². The van der Waals surface area contributed by atoms with E-state index < -0.39 is 7.95 Å². The van der Waals surface area contributed by atoms with Crippen molar-refractivity contribution in [3.8, 4) is 0 Å². The Balaban J connectivity index is 2.85. The van der Waals surface area contributed by atoms with E-state index in [0.717, 1.165) is 0 Å². The number of benzene rings is 1. The first kappa shape index (κ1) is 8.34. The Labute approximate surface area is 81.7 Å². The first-order valence-electron chi connectivity index (χ1n) is 2.47. The predicted molar refractivity (Wildman–Crippen MR) is 59.9 cm³/mol. The molecule has 0 nitrogen and oxygen atoms in total. The minimum atomic E-state index is -0.648. The molecule has 0 heterocycles. The van der Waals surface area contributed by atoms with E-state index in [-0.39, 0.29) is 0 Å². The maximum absolute atomic E-state index is 2.54. The van der Waals surface area contributed by atoms with Crippen molar-refractivity contribution < 1.29 is 0 Å². The van der Waals surface area contributed by atoms with Gasteiger partial charge in [0.05, 0.1) is 0 Å². The summed E-state index contributed by atoms with van der Waals surface area (Å²) in [7, 11) is -0.648. The van der Waals surface area contributed by atoms with Crippen molar-refractivity contribution in [2.24, 2.45) is 0 Å². The second-order valence-electron chi connectivity index (χ2n) is 1.57. The molecular formula is C6H5AsI2. The molecule has 0 atom stereocenters. The Kier molecular flexibility index (Phi) is 3.88. The summed E-state index contributed by atoms with van der Waals surface area (Å²) in [5.74, 6) is 0. The minimum absolute atomic E-state index is 0.648. The Bertz CT molecular complexity index is 174. The van der Waals surface area contributed by atoms with Gasteiger partial charge in [0.15, 0.2) is 0 Å². The SMILES string of the molecule is I[As](I)c1ccccc1. The van der Waals surface area contributed by atoms with Crippen molar-refractivity contribution in [2.45, 2.75) is 0 Å². The summed E-state index contributed by atoms with van der Waals surface area (Å²) in [6.07, 6.45) is 0. The second-order valence-corrected chi connectivity index (χ2v) is 23.2. The van der Waals surface area contributed by atoms with Crippen molar-refractivity contribution in [3.05, 3.63) is 30.3 Å². The molecule has 0 bridgehead atoms. The van der Waals surface area contributed by atoms with Gasteiger partial charge >= 0.3 is 82.9 Å². The quantitative estimate of drug-likeness (QED) is 0.496. The van der Waals surface area contributed by atoms with Crippen LogP contribution in [0.4, 0.5) is 0 Å². The summed E-state index contributed by atoms with van der Waals surface area (Å²) in [6.45, 7) is 0. The Morgan fingerprint density at radius 2 is 1.56 bits per heavy atom. The molecular weight excluding hydrogens is 401 g/mol. The van der Waals surface area contributed by atoms with Gasteiger partial charge in [-0.05, 0) is 0 Å². The van der Waals surface area contributed by atoms with Crippen LogP contribution in [0.15, 0.2) is 30.3 Å². The Morgan fingerprint density at radius 1 is 1.00 bits per heavy atom. The molecule has 0 amide bonds. The van der Waals surface area contributed by atoms with Gasteiger partial charge in [-0.25, -0.2) is 0 Å². The van der Waals surface area contributed by atoms with Crippen molar-refractivity contribution >= 4 is 52.6 Å². The molecule has 48 valence electrons. The van der Waals surface area contributed by atoms with E-state index in [0.29, 0.717) is 0 Å². The van der Waals surface area contributed by atoms with Crippen LogP contribution in [0.3, 0.4) is 0 Å². The summed E-state index contributed by atoms with van der Waals surface area (Å²) in [4.78, 5) is 0. The van der Waals surface area contributed by atoms with Crippen LogP contribution in [0.2, 0.25) is 0 Å². The van der Waals surface area contributed by atoms with E-state index in [4.69, 9.17) is 0 Å². The van der Waals surface area contributed by atoms with Gasteiger partial charge in [0.1, 0.15) is 0 Å². The first-order chi connectivity index (χ1) is 4.30. The van der Waals surface area contributed by atoms with Crippen LogP contribution >= 0.6 is 40.3 Å². The van der Waals surface area contributed by atoms with Gasteiger partial charge in [-0.1, -0.05) is 0 Å². The second kappa shape index (κ2) is 4.19. The topological polar surface area (TPSA) is 0 Å². The molecule has 0 unspecified atom stereocenters. The van der Waals surface area contributed by atoms with E-state index in [1.807, 2.05) is 0 Å². The molecule has 3 heteroatoms. The summed E-state index contributed by atoms with van der Waals surface area (Å²) < 4.78 is 1.53. The fourth-order valence-electron chi connectivity index (χ4n) is 0.541. The Morgan fingerprint density at radius 3 is 1.89 bits per heavy atom.